The fourth-order valence-corrected chi connectivity index (χ4v) is 1.71. The second-order valence-corrected chi connectivity index (χ2v) is 3.91. The molecule has 1 aromatic carbocycles. The number of hydrogen-bond donors (Lipinski definition) is 2. The third-order valence-corrected chi connectivity index (χ3v) is 2.62. The number of halogens is 1. The van der Waals surface area contributed by atoms with E-state index in [4.69, 9.17) is 0 Å². The molecule has 2 aromatic heterocycles. The van der Waals surface area contributed by atoms with Crippen LogP contribution in [0.2, 0.25) is 0 Å². The second kappa shape index (κ2) is 4.92. The van der Waals surface area contributed by atoms with E-state index in [0.717, 1.165) is 0 Å². The number of H-pyrrole nitrogens is 1. The summed E-state index contributed by atoms with van der Waals surface area (Å²) >= 11 is 0. The number of hydrogen-bond acceptors (Lipinski definition) is 4. The van der Waals surface area contributed by atoms with Crippen molar-refractivity contribution in [2.45, 2.75) is 0 Å². The molecule has 0 aliphatic carbocycles. The van der Waals surface area contributed by atoms with Crippen molar-refractivity contribution in [1.29, 1.82) is 0 Å². The Morgan fingerprint density at radius 2 is 2.10 bits per heavy atom. The molecule has 0 saturated carbocycles. The summed E-state index contributed by atoms with van der Waals surface area (Å²) in [5.74, 6) is -0.507. The SMILES string of the molecule is O=C(Nc1ncn[nH]1)c1cncn1-c1ccc(F)cc1. The van der Waals surface area contributed by atoms with Crippen LogP contribution in [0.3, 0.4) is 0 Å². The van der Waals surface area contributed by atoms with Crippen LogP contribution in [-0.2, 0) is 0 Å². The quantitative estimate of drug-likeness (QED) is 0.754. The Hall–Kier alpha value is -3.03. The zero-order chi connectivity index (χ0) is 13.9. The molecule has 20 heavy (non-hydrogen) atoms. The van der Waals surface area contributed by atoms with Gasteiger partial charge in [-0.25, -0.2) is 14.5 Å². The summed E-state index contributed by atoms with van der Waals surface area (Å²) in [6.07, 6.45) is 4.17. The maximum absolute atomic E-state index is 12.9. The van der Waals surface area contributed by atoms with Gasteiger partial charge in [-0.1, -0.05) is 0 Å². The lowest BCUT2D eigenvalue weighted by Gasteiger charge is -2.07. The van der Waals surface area contributed by atoms with Crippen molar-refractivity contribution >= 4 is 11.9 Å². The van der Waals surface area contributed by atoms with Gasteiger partial charge in [-0.05, 0) is 24.3 Å². The normalized spacial score (nSPS) is 10.4. The van der Waals surface area contributed by atoms with Crippen LogP contribution in [0.15, 0.2) is 43.1 Å². The first-order valence-electron chi connectivity index (χ1n) is 5.69. The third kappa shape index (κ3) is 2.26. The summed E-state index contributed by atoms with van der Waals surface area (Å²) in [6, 6.07) is 5.74. The molecule has 8 heteroatoms. The monoisotopic (exact) mass is 272 g/mol. The number of benzene rings is 1. The summed E-state index contributed by atoms with van der Waals surface area (Å²) in [5, 5.41) is 8.70. The van der Waals surface area contributed by atoms with E-state index < -0.39 is 5.91 Å². The highest BCUT2D eigenvalue weighted by Gasteiger charge is 2.14. The molecule has 3 rings (SSSR count). The number of carbonyl (C=O) groups is 1. The first kappa shape index (κ1) is 12.0. The predicted octanol–water partition coefficient (Wildman–Crippen LogP) is 1.38. The van der Waals surface area contributed by atoms with Crippen molar-refractivity contribution in [3.05, 3.63) is 54.6 Å². The minimum atomic E-state index is -0.399. The van der Waals surface area contributed by atoms with Gasteiger partial charge in [0.2, 0.25) is 5.95 Å². The Labute approximate surface area is 112 Å². The summed E-state index contributed by atoms with van der Waals surface area (Å²) in [7, 11) is 0. The molecule has 0 bridgehead atoms. The molecule has 2 N–H and O–H groups in total. The van der Waals surface area contributed by atoms with Crippen LogP contribution in [0.1, 0.15) is 10.5 Å². The number of amides is 1. The van der Waals surface area contributed by atoms with E-state index in [1.54, 1.807) is 16.7 Å². The van der Waals surface area contributed by atoms with E-state index in [9.17, 15) is 9.18 Å². The Bertz CT molecular complexity index is 719. The Morgan fingerprint density at radius 3 is 2.80 bits per heavy atom. The molecule has 2 heterocycles. The lowest BCUT2D eigenvalue weighted by atomic mass is 10.3. The smallest absolute Gasteiger partial charge is 0.276 e. The van der Waals surface area contributed by atoms with Gasteiger partial charge in [0.05, 0.1) is 12.5 Å². The fraction of sp³-hybridized carbons (Fsp3) is 0. The van der Waals surface area contributed by atoms with Gasteiger partial charge in [-0.2, -0.15) is 10.1 Å². The van der Waals surface area contributed by atoms with Crippen LogP contribution in [0.5, 0.6) is 0 Å². The van der Waals surface area contributed by atoms with Gasteiger partial charge in [-0.3, -0.25) is 14.7 Å². The van der Waals surface area contributed by atoms with Gasteiger partial charge in [0.15, 0.2) is 0 Å². The number of carbonyl (C=O) groups excluding carboxylic acids is 1. The van der Waals surface area contributed by atoms with E-state index in [1.807, 2.05) is 0 Å². The van der Waals surface area contributed by atoms with Crippen molar-refractivity contribution in [2.24, 2.45) is 0 Å². The van der Waals surface area contributed by atoms with Crippen LogP contribution >= 0.6 is 0 Å². The zero-order valence-electron chi connectivity index (χ0n) is 10.1. The summed E-state index contributed by atoms with van der Waals surface area (Å²) < 4.78 is 14.5. The number of aromatic nitrogens is 5. The average Bonchev–Trinajstić information content (AvgIpc) is 3.10. The molecule has 3 aromatic rings. The molecule has 100 valence electrons. The molecule has 0 fully saturated rings. The largest absolute Gasteiger partial charge is 0.295 e. The first-order valence-corrected chi connectivity index (χ1v) is 5.69. The minimum absolute atomic E-state index is 0.238. The standard InChI is InChI=1S/C12H9FN6O/c13-8-1-3-9(4-2-8)19-7-14-5-10(19)11(20)17-12-15-6-16-18-12/h1-7H,(H2,15,16,17,18,20). The van der Waals surface area contributed by atoms with Crippen molar-refractivity contribution in [2.75, 3.05) is 5.32 Å². The molecule has 7 nitrogen and oxygen atoms in total. The lowest BCUT2D eigenvalue weighted by Crippen LogP contribution is -2.16. The third-order valence-electron chi connectivity index (χ3n) is 2.62. The van der Waals surface area contributed by atoms with Crippen LogP contribution in [0, 0.1) is 5.82 Å². The predicted molar refractivity (Wildman–Crippen MR) is 67.9 cm³/mol. The molecule has 0 radical (unpaired) electrons. The highest BCUT2D eigenvalue weighted by Crippen LogP contribution is 2.13. The van der Waals surface area contributed by atoms with Gasteiger partial charge in [0, 0.05) is 5.69 Å². The number of aromatic amines is 1. The zero-order valence-corrected chi connectivity index (χ0v) is 10.1. The molecular formula is C12H9FN6O. The van der Waals surface area contributed by atoms with Crippen LogP contribution in [0.4, 0.5) is 10.3 Å². The molecule has 0 atom stereocenters. The van der Waals surface area contributed by atoms with E-state index >= 15 is 0 Å². The van der Waals surface area contributed by atoms with Gasteiger partial charge in [0.25, 0.3) is 5.91 Å². The Kier molecular flexibility index (Phi) is 2.96. The maximum atomic E-state index is 12.9. The van der Waals surface area contributed by atoms with Gasteiger partial charge < -0.3 is 0 Å². The molecular weight excluding hydrogens is 263 g/mol. The topological polar surface area (TPSA) is 88.5 Å². The lowest BCUT2D eigenvalue weighted by molar-refractivity contribution is 0.101. The Morgan fingerprint density at radius 1 is 1.30 bits per heavy atom. The van der Waals surface area contributed by atoms with Crippen molar-refractivity contribution < 1.29 is 9.18 Å². The number of nitrogens with zero attached hydrogens (tertiary/aromatic N) is 4. The average molecular weight is 272 g/mol. The van der Waals surface area contributed by atoms with Crippen LogP contribution < -0.4 is 5.32 Å². The number of imidazole rings is 1. The summed E-state index contributed by atoms with van der Waals surface area (Å²) in [6.45, 7) is 0. The fourth-order valence-electron chi connectivity index (χ4n) is 1.71. The number of anilines is 1. The first-order chi connectivity index (χ1) is 9.74. The molecule has 0 saturated heterocycles. The molecule has 1 amide bonds. The number of nitrogens with one attached hydrogen (secondary N) is 2. The van der Waals surface area contributed by atoms with Crippen LogP contribution in [-0.4, -0.2) is 30.6 Å². The van der Waals surface area contributed by atoms with Gasteiger partial charge >= 0.3 is 0 Å². The van der Waals surface area contributed by atoms with Gasteiger partial charge in [0.1, 0.15) is 17.8 Å². The Balaban J connectivity index is 1.90. The molecule has 0 aliphatic rings. The maximum Gasteiger partial charge on any atom is 0.276 e. The van der Waals surface area contributed by atoms with E-state index in [2.05, 4.69) is 25.5 Å². The highest BCUT2D eigenvalue weighted by molar-refractivity contribution is 6.02. The van der Waals surface area contributed by atoms with Gasteiger partial charge in [-0.15, -0.1) is 0 Å². The minimum Gasteiger partial charge on any atom is -0.295 e. The number of rotatable bonds is 3. The van der Waals surface area contributed by atoms with E-state index in [0.29, 0.717) is 11.4 Å². The molecule has 0 aliphatic heterocycles. The van der Waals surface area contributed by atoms with Crippen LogP contribution in [0.25, 0.3) is 5.69 Å². The van der Waals surface area contributed by atoms with Crippen molar-refractivity contribution in [3.63, 3.8) is 0 Å². The highest BCUT2D eigenvalue weighted by atomic mass is 19.1. The summed E-state index contributed by atoms with van der Waals surface area (Å²) in [5.41, 5.74) is 0.930. The molecule has 0 unspecified atom stereocenters. The van der Waals surface area contributed by atoms with E-state index in [-0.39, 0.29) is 11.8 Å². The second-order valence-electron chi connectivity index (χ2n) is 3.91. The molecule has 0 spiro atoms. The van der Waals surface area contributed by atoms with E-state index in [1.165, 1.54) is 31.0 Å². The van der Waals surface area contributed by atoms with Crippen molar-refractivity contribution in [1.82, 2.24) is 24.7 Å². The summed E-state index contributed by atoms with van der Waals surface area (Å²) in [4.78, 5) is 19.8. The van der Waals surface area contributed by atoms with Crippen molar-refractivity contribution in [3.8, 4) is 5.69 Å².